The Balaban J connectivity index is 1.55. The van der Waals surface area contributed by atoms with Crippen LogP contribution in [0.15, 0.2) is 101 Å². The molecule has 114 valence electrons. The predicted octanol–water partition coefficient (Wildman–Crippen LogP) is 5.90. The quantitative estimate of drug-likeness (QED) is 0.646. The van der Waals surface area contributed by atoms with Crippen molar-refractivity contribution in [2.45, 2.75) is 4.90 Å². The number of thioether (sulfide) groups is 1. The van der Waals surface area contributed by atoms with Crippen LogP contribution in [0.3, 0.4) is 0 Å². The highest BCUT2D eigenvalue weighted by atomic mass is 32.2. The van der Waals surface area contributed by atoms with Crippen LogP contribution >= 0.6 is 11.8 Å². The molecule has 0 aliphatic carbocycles. The maximum Gasteiger partial charge on any atom is 0.0798 e. The third-order valence-electron chi connectivity index (χ3n) is 3.54. The summed E-state index contributed by atoms with van der Waals surface area (Å²) in [7, 11) is 2.11. The average molecular weight is 317 g/mol. The number of fused-ring (bicyclic) bond motifs is 1. The summed E-state index contributed by atoms with van der Waals surface area (Å²) < 4.78 is 0. The summed E-state index contributed by atoms with van der Waals surface area (Å²) in [6.45, 7) is 0. The Morgan fingerprint density at radius 2 is 1.48 bits per heavy atom. The fraction of sp³-hybridized carbons (Fsp3) is 0.0476. The molecule has 1 aliphatic heterocycles. The minimum atomic E-state index is 1.21. The molecule has 0 bridgehead atoms. The molecule has 2 aromatic carbocycles. The lowest BCUT2D eigenvalue weighted by atomic mass is 10.2. The number of anilines is 1. The molecular formula is C21H19NS. The summed E-state index contributed by atoms with van der Waals surface area (Å²) in [5.41, 5.74) is 2.49. The van der Waals surface area contributed by atoms with Gasteiger partial charge in [0.2, 0.25) is 0 Å². The highest BCUT2D eigenvalue weighted by Crippen LogP contribution is 2.44. The first-order valence-electron chi connectivity index (χ1n) is 7.62. The first-order valence-corrected chi connectivity index (χ1v) is 8.43. The Labute approximate surface area is 142 Å². The van der Waals surface area contributed by atoms with E-state index in [-0.39, 0.29) is 0 Å². The van der Waals surface area contributed by atoms with Crippen LogP contribution in [0.4, 0.5) is 5.69 Å². The van der Waals surface area contributed by atoms with Crippen molar-refractivity contribution in [3.05, 3.63) is 102 Å². The van der Waals surface area contributed by atoms with Crippen LogP contribution in [0, 0.1) is 0 Å². The smallest absolute Gasteiger partial charge is 0.0798 e. The monoisotopic (exact) mass is 317 g/mol. The molecule has 0 saturated heterocycles. The molecule has 0 amide bonds. The minimum absolute atomic E-state index is 1.21. The fourth-order valence-corrected chi connectivity index (χ4v) is 3.39. The molecule has 2 aromatic rings. The van der Waals surface area contributed by atoms with Gasteiger partial charge in [-0.25, -0.2) is 0 Å². The second-order valence-electron chi connectivity index (χ2n) is 5.17. The van der Waals surface area contributed by atoms with E-state index >= 15 is 0 Å². The standard InChI is InChI=1S/C21H19NS/c1-22-19-15-10-11-16-20(19)23-21(22)17-9-4-2-3-6-12-18-13-7-5-8-14-18/h2-17H,1H3/b3-2+,9-4+,12-6+,21-17+. The van der Waals surface area contributed by atoms with Crippen molar-refractivity contribution in [3.8, 4) is 0 Å². The average Bonchev–Trinajstić information content (AvgIpc) is 2.91. The molecule has 1 aliphatic rings. The van der Waals surface area contributed by atoms with Gasteiger partial charge < -0.3 is 4.90 Å². The largest absolute Gasteiger partial charge is 0.338 e. The van der Waals surface area contributed by atoms with Gasteiger partial charge in [0.1, 0.15) is 0 Å². The second kappa shape index (κ2) is 7.70. The first-order chi connectivity index (χ1) is 11.3. The number of allylic oxidation sites excluding steroid dienone is 6. The van der Waals surface area contributed by atoms with Crippen LogP contribution < -0.4 is 4.90 Å². The molecular weight excluding hydrogens is 298 g/mol. The number of hydrogen-bond donors (Lipinski definition) is 0. The van der Waals surface area contributed by atoms with Crippen LogP contribution in [-0.4, -0.2) is 7.05 Å². The Morgan fingerprint density at radius 3 is 2.30 bits per heavy atom. The summed E-state index contributed by atoms with van der Waals surface area (Å²) in [4.78, 5) is 3.54. The van der Waals surface area contributed by atoms with Crippen LogP contribution in [0.2, 0.25) is 0 Å². The molecule has 0 aromatic heterocycles. The van der Waals surface area contributed by atoms with E-state index in [4.69, 9.17) is 0 Å². The first kappa shape index (κ1) is 15.4. The van der Waals surface area contributed by atoms with E-state index in [0.29, 0.717) is 0 Å². The summed E-state index contributed by atoms with van der Waals surface area (Å²) in [6, 6.07) is 18.8. The second-order valence-corrected chi connectivity index (χ2v) is 6.24. The zero-order chi connectivity index (χ0) is 15.9. The van der Waals surface area contributed by atoms with Crippen molar-refractivity contribution >= 4 is 23.5 Å². The molecule has 1 nitrogen and oxygen atoms in total. The number of hydrogen-bond acceptors (Lipinski definition) is 2. The van der Waals surface area contributed by atoms with Crippen LogP contribution in [0.1, 0.15) is 5.56 Å². The molecule has 0 unspecified atom stereocenters. The Bertz CT molecular complexity index is 769. The molecule has 0 saturated carbocycles. The van der Waals surface area contributed by atoms with Gasteiger partial charge >= 0.3 is 0 Å². The topological polar surface area (TPSA) is 3.24 Å². The van der Waals surface area contributed by atoms with E-state index in [1.54, 1.807) is 0 Å². The van der Waals surface area contributed by atoms with Gasteiger partial charge in [0.05, 0.1) is 10.7 Å². The van der Waals surface area contributed by atoms with Gasteiger partial charge in [-0.15, -0.1) is 0 Å². The van der Waals surface area contributed by atoms with Crippen LogP contribution in [-0.2, 0) is 0 Å². The molecule has 23 heavy (non-hydrogen) atoms. The zero-order valence-electron chi connectivity index (χ0n) is 13.1. The Hall–Kier alpha value is -2.45. The maximum atomic E-state index is 2.23. The molecule has 0 fully saturated rings. The lowest BCUT2D eigenvalue weighted by Crippen LogP contribution is -2.08. The van der Waals surface area contributed by atoms with Crippen molar-refractivity contribution in [1.29, 1.82) is 0 Å². The number of nitrogens with zero attached hydrogens (tertiary/aromatic N) is 1. The van der Waals surface area contributed by atoms with Crippen molar-refractivity contribution < 1.29 is 0 Å². The minimum Gasteiger partial charge on any atom is -0.338 e. The Kier molecular flexibility index (Phi) is 5.17. The van der Waals surface area contributed by atoms with E-state index in [1.807, 2.05) is 42.1 Å². The van der Waals surface area contributed by atoms with E-state index < -0.39 is 0 Å². The third-order valence-corrected chi connectivity index (χ3v) is 4.73. The molecule has 2 heteroatoms. The number of benzene rings is 2. The lowest BCUT2D eigenvalue weighted by molar-refractivity contribution is 1.17. The SMILES string of the molecule is CN1\C(=C/C=C/C=C/C=C/c2ccccc2)Sc2ccccc21. The number of rotatable bonds is 4. The third kappa shape index (κ3) is 4.05. The highest BCUT2D eigenvalue weighted by molar-refractivity contribution is 8.03. The highest BCUT2D eigenvalue weighted by Gasteiger charge is 2.20. The zero-order valence-corrected chi connectivity index (χ0v) is 13.9. The summed E-state index contributed by atoms with van der Waals surface area (Å²) >= 11 is 1.81. The van der Waals surface area contributed by atoms with Crippen molar-refractivity contribution in [1.82, 2.24) is 0 Å². The van der Waals surface area contributed by atoms with E-state index in [2.05, 4.69) is 78.7 Å². The molecule has 0 atom stereocenters. The predicted molar refractivity (Wildman–Crippen MR) is 103 cm³/mol. The molecule has 0 radical (unpaired) electrons. The maximum absolute atomic E-state index is 2.23. The van der Waals surface area contributed by atoms with Crippen LogP contribution in [0.5, 0.6) is 0 Å². The van der Waals surface area contributed by atoms with Gasteiger partial charge in [-0.2, -0.15) is 0 Å². The lowest BCUT2D eigenvalue weighted by Gasteiger charge is -2.12. The van der Waals surface area contributed by atoms with Crippen molar-refractivity contribution in [2.24, 2.45) is 0 Å². The molecule has 0 spiro atoms. The van der Waals surface area contributed by atoms with Gasteiger partial charge in [-0.3, -0.25) is 0 Å². The van der Waals surface area contributed by atoms with Gasteiger partial charge in [-0.05, 0) is 23.8 Å². The summed E-state index contributed by atoms with van der Waals surface area (Å²) in [5.74, 6) is 0. The normalized spacial score (nSPS) is 16.2. The van der Waals surface area contributed by atoms with Crippen LogP contribution in [0.25, 0.3) is 6.08 Å². The Morgan fingerprint density at radius 1 is 0.783 bits per heavy atom. The molecule has 0 N–H and O–H groups in total. The van der Waals surface area contributed by atoms with Gasteiger partial charge in [-0.1, -0.05) is 90.7 Å². The van der Waals surface area contributed by atoms with E-state index in [0.717, 1.165) is 0 Å². The van der Waals surface area contributed by atoms with Gasteiger partial charge in [0.15, 0.2) is 0 Å². The van der Waals surface area contributed by atoms with E-state index in [9.17, 15) is 0 Å². The van der Waals surface area contributed by atoms with Crippen molar-refractivity contribution in [2.75, 3.05) is 11.9 Å². The fourth-order valence-electron chi connectivity index (χ4n) is 2.33. The van der Waals surface area contributed by atoms with Gasteiger partial charge in [0.25, 0.3) is 0 Å². The molecule has 3 rings (SSSR count). The van der Waals surface area contributed by atoms with Crippen molar-refractivity contribution in [3.63, 3.8) is 0 Å². The number of para-hydroxylation sites is 1. The summed E-state index contributed by atoms with van der Waals surface area (Å²) in [6.07, 6.45) is 14.5. The molecule has 1 heterocycles. The summed E-state index contributed by atoms with van der Waals surface area (Å²) in [5, 5.41) is 1.25. The van der Waals surface area contributed by atoms with E-state index in [1.165, 1.54) is 21.2 Å². The van der Waals surface area contributed by atoms with Gasteiger partial charge in [0, 0.05) is 11.9 Å².